The van der Waals surface area contributed by atoms with Gasteiger partial charge in [-0.05, 0) is 13.0 Å². The lowest BCUT2D eigenvalue weighted by Gasteiger charge is -2.13. The van der Waals surface area contributed by atoms with Crippen molar-refractivity contribution in [2.24, 2.45) is 5.10 Å². The van der Waals surface area contributed by atoms with Gasteiger partial charge in [-0.3, -0.25) is 9.59 Å². The van der Waals surface area contributed by atoms with Crippen molar-refractivity contribution in [3.63, 3.8) is 0 Å². The molecule has 0 fully saturated rings. The van der Waals surface area contributed by atoms with Crippen LogP contribution in [0, 0.1) is 0 Å². The first-order chi connectivity index (χ1) is 15.0. The number of rotatable bonds is 8. The molecule has 0 spiro atoms. The van der Waals surface area contributed by atoms with Gasteiger partial charge in [0.2, 0.25) is 0 Å². The van der Waals surface area contributed by atoms with E-state index in [0.29, 0.717) is 23.0 Å². The smallest absolute Gasteiger partial charge is 0.259 e. The summed E-state index contributed by atoms with van der Waals surface area (Å²) in [5, 5.41) is 9.80. The van der Waals surface area contributed by atoms with Crippen molar-refractivity contribution in [2.75, 3.05) is 27.9 Å². The zero-order chi connectivity index (χ0) is 22.4. The highest BCUT2D eigenvalue weighted by Gasteiger charge is 2.18. The summed E-state index contributed by atoms with van der Waals surface area (Å²) in [6.07, 6.45) is 0. The number of fused-ring (bicyclic) bond motifs is 1. The van der Waals surface area contributed by atoms with Crippen molar-refractivity contribution in [3.05, 3.63) is 52.9 Å². The van der Waals surface area contributed by atoms with Gasteiger partial charge in [0.15, 0.2) is 11.5 Å². The van der Waals surface area contributed by atoms with Crippen LogP contribution in [-0.4, -0.2) is 45.4 Å². The Morgan fingerprint density at radius 1 is 0.968 bits per heavy atom. The van der Waals surface area contributed by atoms with E-state index >= 15 is 0 Å². The van der Waals surface area contributed by atoms with E-state index in [0.717, 1.165) is 15.6 Å². The van der Waals surface area contributed by atoms with Gasteiger partial charge in [-0.25, -0.2) is 5.43 Å². The molecule has 1 heterocycles. The first kappa shape index (κ1) is 22.1. The largest absolute Gasteiger partial charge is 0.496 e. The molecule has 0 bridgehead atoms. The standard InChI is InChI=1S/C22H23N3O5S/c1-13(16-12-31-20-8-6-5-7-14(16)20)24-25-21(26)11-23-22(27)15-9-18(29-3)19(30-4)10-17(15)28-2/h5-10,12H,11H2,1-4H3,(H,23,27)(H,25,26)/b24-13+. The fourth-order valence-electron chi connectivity index (χ4n) is 2.97. The zero-order valence-electron chi connectivity index (χ0n) is 17.6. The van der Waals surface area contributed by atoms with E-state index in [9.17, 15) is 9.59 Å². The summed E-state index contributed by atoms with van der Waals surface area (Å²) in [5.74, 6) is 0.165. The number of carbonyl (C=O) groups is 2. The SMILES string of the molecule is COc1cc(OC)c(C(=O)NCC(=O)N/N=C(\C)c2csc3ccccc23)cc1OC. The third-order valence-corrected chi connectivity index (χ3v) is 5.54. The number of nitrogens with one attached hydrogen (secondary N) is 2. The summed E-state index contributed by atoms with van der Waals surface area (Å²) >= 11 is 1.62. The first-order valence-corrected chi connectivity index (χ1v) is 10.2. The van der Waals surface area contributed by atoms with E-state index in [1.807, 2.05) is 36.6 Å². The fraction of sp³-hybridized carbons (Fsp3) is 0.227. The topological polar surface area (TPSA) is 98.2 Å². The predicted octanol–water partition coefficient (Wildman–Crippen LogP) is 3.20. The zero-order valence-corrected chi connectivity index (χ0v) is 18.5. The van der Waals surface area contributed by atoms with Crippen molar-refractivity contribution in [1.82, 2.24) is 10.7 Å². The molecule has 3 aromatic rings. The average Bonchev–Trinajstić information content (AvgIpc) is 3.24. The van der Waals surface area contributed by atoms with Crippen molar-refractivity contribution in [3.8, 4) is 17.2 Å². The summed E-state index contributed by atoms with van der Waals surface area (Å²) in [5.41, 5.74) is 4.33. The number of hydrazone groups is 1. The number of amides is 2. The van der Waals surface area contributed by atoms with Gasteiger partial charge in [0.1, 0.15) is 5.75 Å². The quantitative estimate of drug-likeness (QED) is 0.413. The molecule has 9 heteroatoms. The minimum Gasteiger partial charge on any atom is -0.496 e. The van der Waals surface area contributed by atoms with Crippen molar-refractivity contribution in [2.45, 2.75) is 6.92 Å². The van der Waals surface area contributed by atoms with Crippen LogP contribution in [-0.2, 0) is 4.79 Å². The Balaban J connectivity index is 1.64. The fourth-order valence-corrected chi connectivity index (χ4v) is 3.97. The van der Waals surface area contributed by atoms with Crippen LogP contribution in [0.15, 0.2) is 46.9 Å². The van der Waals surface area contributed by atoms with Gasteiger partial charge in [-0.15, -0.1) is 11.3 Å². The number of methoxy groups -OCH3 is 3. The van der Waals surface area contributed by atoms with Crippen LogP contribution < -0.4 is 25.0 Å². The highest BCUT2D eigenvalue weighted by atomic mass is 32.1. The molecule has 0 aliphatic heterocycles. The number of benzene rings is 2. The molecule has 1 aromatic heterocycles. The Bertz CT molecular complexity index is 1140. The second-order valence-electron chi connectivity index (χ2n) is 6.47. The van der Waals surface area contributed by atoms with E-state index in [1.54, 1.807) is 17.4 Å². The summed E-state index contributed by atoms with van der Waals surface area (Å²) in [4.78, 5) is 24.8. The minimum absolute atomic E-state index is 0.220. The van der Waals surface area contributed by atoms with E-state index in [4.69, 9.17) is 14.2 Å². The van der Waals surface area contributed by atoms with E-state index in [-0.39, 0.29) is 12.1 Å². The van der Waals surface area contributed by atoms with Gasteiger partial charge in [0.05, 0.1) is 39.1 Å². The molecular weight excluding hydrogens is 418 g/mol. The lowest BCUT2D eigenvalue weighted by molar-refractivity contribution is -0.120. The van der Waals surface area contributed by atoms with Gasteiger partial charge in [0, 0.05) is 33.2 Å². The Morgan fingerprint density at radius 3 is 2.35 bits per heavy atom. The molecule has 0 aliphatic rings. The Labute approximate surface area is 183 Å². The molecular formula is C22H23N3O5S. The van der Waals surface area contributed by atoms with E-state index < -0.39 is 11.8 Å². The number of hydrogen-bond donors (Lipinski definition) is 2. The third kappa shape index (κ3) is 4.95. The van der Waals surface area contributed by atoms with Crippen molar-refractivity contribution < 1.29 is 23.8 Å². The average molecular weight is 442 g/mol. The van der Waals surface area contributed by atoms with E-state index in [2.05, 4.69) is 15.8 Å². The molecule has 31 heavy (non-hydrogen) atoms. The predicted molar refractivity (Wildman–Crippen MR) is 121 cm³/mol. The molecule has 0 saturated heterocycles. The number of thiophene rings is 1. The maximum absolute atomic E-state index is 12.6. The van der Waals surface area contributed by atoms with Crippen molar-refractivity contribution >= 4 is 38.9 Å². The summed E-state index contributed by atoms with van der Waals surface area (Å²) in [7, 11) is 4.40. The molecule has 0 radical (unpaired) electrons. The monoisotopic (exact) mass is 441 g/mol. The molecule has 2 amide bonds. The molecule has 0 saturated carbocycles. The maximum Gasteiger partial charge on any atom is 0.259 e. The molecule has 0 unspecified atom stereocenters. The Kier molecular flexibility index (Phi) is 7.09. The van der Waals surface area contributed by atoms with Crippen LogP contribution in [0.5, 0.6) is 17.2 Å². The normalized spacial score (nSPS) is 11.2. The number of nitrogens with zero attached hydrogens (tertiary/aromatic N) is 1. The second-order valence-corrected chi connectivity index (χ2v) is 7.38. The highest BCUT2D eigenvalue weighted by molar-refractivity contribution is 7.17. The molecule has 3 rings (SSSR count). The summed E-state index contributed by atoms with van der Waals surface area (Å²) < 4.78 is 16.8. The summed E-state index contributed by atoms with van der Waals surface area (Å²) in [6, 6.07) is 11.0. The number of carbonyl (C=O) groups excluding carboxylic acids is 2. The molecule has 162 valence electrons. The number of ether oxygens (including phenoxy) is 3. The second kappa shape index (κ2) is 9.94. The third-order valence-electron chi connectivity index (χ3n) is 4.58. The van der Waals surface area contributed by atoms with Crippen LogP contribution in [0.2, 0.25) is 0 Å². The summed E-state index contributed by atoms with van der Waals surface area (Å²) in [6.45, 7) is 1.57. The van der Waals surface area contributed by atoms with Crippen LogP contribution >= 0.6 is 11.3 Å². The number of hydrogen-bond acceptors (Lipinski definition) is 7. The molecule has 0 atom stereocenters. The molecule has 2 aromatic carbocycles. The van der Waals surface area contributed by atoms with Gasteiger partial charge in [-0.2, -0.15) is 5.10 Å². The lowest BCUT2D eigenvalue weighted by Crippen LogP contribution is -2.35. The molecule has 2 N–H and O–H groups in total. The van der Waals surface area contributed by atoms with Crippen LogP contribution in [0.4, 0.5) is 0 Å². The lowest BCUT2D eigenvalue weighted by atomic mass is 10.1. The van der Waals surface area contributed by atoms with E-state index in [1.165, 1.54) is 27.4 Å². The molecule has 8 nitrogen and oxygen atoms in total. The molecule has 0 aliphatic carbocycles. The first-order valence-electron chi connectivity index (χ1n) is 9.36. The van der Waals surface area contributed by atoms with Gasteiger partial charge >= 0.3 is 0 Å². The van der Waals surface area contributed by atoms with Crippen molar-refractivity contribution in [1.29, 1.82) is 0 Å². The Morgan fingerprint density at radius 2 is 1.65 bits per heavy atom. The van der Waals surface area contributed by atoms with Gasteiger partial charge in [-0.1, -0.05) is 18.2 Å². The Hall–Kier alpha value is -3.59. The minimum atomic E-state index is -0.488. The van der Waals surface area contributed by atoms with Crippen LogP contribution in [0.3, 0.4) is 0 Å². The van der Waals surface area contributed by atoms with Crippen LogP contribution in [0.25, 0.3) is 10.1 Å². The highest BCUT2D eigenvalue weighted by Crippen LogP contribution is 2.34. The van der Waals surface area contributed by atoms with Gasteiger partial charge < -0.3 is 19.5 Å². The maximum atomic E-state index is 12.6. The van der Waals surface area contributed by atoms with Crippen LogP contribution in [0.1, 0.15) is 22.8 Å². The van der Waals surface area contributed by atoms with Gasteiger partial charge in [0.25, 0.3) is 11.8 Å².